The quantitative estimate of drug-likeness (QED) is 0.708. The Morgan fingerprint density at radius 3 is 2.88 bits per heavy atom. The van der Waals surface area contributed by atoms with E-state index in [9.17, 15) is 9.50 Å². The molecule has 0 amide bonds. The molecule has 2 aliphatic rings. The molecule has 0 fully saturated rings. The van der Waals surface area contributed by atoms with Gasteiger partial charge in [0.2, 0.25) is 0 Å². The number of allylic oxidation sites excluding steroid dienone is 5. The summed E-state index contributed by atoms with van der Waals surface area (Å²) in [5, 5.41) is 12.0. The molecule has 0 saturated carbocycles. The average molecular weight is 376 g/mol. The number of hydrogen-bond acceptors (Lipinski definition) is 3. The van der Waals surface area contributed by atoms with Crippen molar-refractivity contribution >= 4 is 11.3 Å². The van der Waals surface area contributed by atoms with Gasteiger partial charge in [0.25, 0.3) is 0 Å². The summed E-state index contributed by atoms with van der Waals surface area (Å²) in [5.74, 6) is 0. The van der Waals surface area contributed by atoms with E-state index >= 15 is 0 Å². The van der Waals surface area contributed by atoms with Crippen LogP contribution in [0.4, 0.5) is 4.39 Å². The lowest BCUT2D eigenvalue weighted by molar-refractivity contribution is 0.205. The fourth-order valence-electron chi connectivity index (χ4n) is 3.22. The van der Waals surface area contributed by atoms with Crippen LogP contribution in [0.5, 0.6) is 0 Å². The number of halogens is 1. The van der Waals surface area contributed by atoms with Crippen molar-refractivity contribution in [1.82, 2.24) is 4.90 Å². The van der Waals surface area contributed by atoms with Crippen molar-refractivity contribution in [2.45, 2.75) is 45.6 Å². The number of hydrogen-bond donors (Lipinski definition) is 1. The molecule has 0 saturated heterocycles. The molecule has 0 bridgehead atoms. The molecule has 1 N–H and O–H groups in total. The van der Waals surface area contributed by atoms with Crippen LogP contribution in [0, 0.1) is 5.13 Å². The van der Waals surface area contributed by atoms with E-state index in [0.717, 1.165) is 55.8 Å². The zero-order valence-electron chi connectivity index (χ0n) is 15.8. The molecule has 1 aliphatic carbocycles. The molecule has 1 aliphatic heterocycles. The van der Waals surface area contributed by atoms with E-state index in [-0.39, 0.29) is 5.13 Å². The summed E-state index contributed by atoms with van der Waals surface area (Å²) < 4.78 is 13.6. The van der Waals surface area contributed by atoms with E-state index in [2.05, 4.69) is 41.4 Å². The first-order chi connectivity index (χ1) is 12.7. The van der Waals surface area contributed by atoms with Crippen LogP contribution in [0.1, 0.15) is 38.7 Å². The van der Waals surface area contributed by atoms with Crippen LogP contribution in [0.15, 0.2) is 59.0 Å². The molecule has 0 radical (unpaired) electrons. The number of aliphatic hydroxyl groups is 1. The summed E-state index contributed by atoms with van der Waals surface area (Å²) in [6, 6.07) is 1.77. The lowest BCUT2D eigenvalue weighted by atomic mass is 9.99. The number of thiophene rings is 1. The van der Waals surface area contributed by atoms with Gasteiger partial charge in [0.1, 0.15) is 0 Å². The van der Waals surface area contributed by atoms with E-state index in [4.69, 9.17) is 0 Å². The van der Waals surface area contributed by atoms with Gasteiger partial charge < -0.3 is 5.11 Å². The fraction of sp³-hybridized carbons (Fsp3) is 0.455. The average Bonchev–Trinajstić information content (AvgIpc) is 2.88. The fourth-order valence-corrected chi connectivity index (χ4v) is 3.88. The Kier molecular flexibility index (Phi) is 9.02. The molecule has 4 heteroatoms. The molecule has 1 atom stereocenters. The Morgan fingerprint density at radius 1 is 1.27 bits per heavy atom. The summed E-state index contributed by atoms with van der Waals surface area (Å²) in [7, 11) is 0. The minimum atomic E-state index is -0.572. The van der Waals surface area contributed by atoms with Crippen molar-refractivity contribution in [2.75, 3.05) is 19.6 Å². The predicted molar refractivity (Wildman–Crippen MR) is 110 cm³/mol. The second kappa shape index (κ2) is 11.3. The van der Waals surface area contributed by atoms with Crippen LogP contribution < -0.4 is 0 Å². The van der Waals surface area contributed by atoms with Crippen LogP contribution in [0.3, 0.4) is 0 Å². The summed E-state index contributed by atoms with van der Waals surface area (Å²) in [5.41, 5.74) is 3.09. The molecular formula is C22H30FNOS. The highest BCUT2D eigenvalue weighted by Gasteiger charge is 2.18. The van der Waals surface area contributed by atoms with E-state index in [1.54, 1.807) is 11.4 Å². The van der Waals surface area contributed by atoms with Crippen LogP contribution in [-0.2, 0) is 6.42 Å². The van der Waals surface area contributed by atoms with E-state index < -0.39 is 6.10 Å². The highest BCUT2D eigenvalue weighted by atomic mass is 32.1. The largest absolute Gasteiger partial charge is 0.388 e. The van der Waals surface area contributed by atoms with Gasteiger partial charge >= 0.3 is 0 Å². The molecule has 142 valence electrons. The highest BCUT2D eigenvalue weighted by Crippen LogP contribution is 2.22. The van der Waals surface area contributed by atoms with Crippen molar-refractivity contribution in [3.63, 3.8) is 0 Å². The topological polar surface area (TPSA) is 23.5 Å². The molecule has 26 heavy (non-hydrogen) atoms. The van der Waals surface area contributed by atoms with Crippen LogP contribution in [0.2, 0.25) is 0 Å². The maximum atomic E-state index is 13.6. The molecule has 1 unspecified atom stereocenters. The SMILES string of the molecule is CC.OC(Cc1ccsc1F)C1=CCN(CC2=CC=CC=CC2)CCC1. The third-order valence-corrected chi connectivity index (χ3v) is 5.32. The minimum absolute atomic E-state index is 0.175. The Bertz CT molecular complexity index is 671. The van der Waals surface area contributed by atoms with E-state index in [0.29, 0.717) is 12.0 Å². The summed E-state index contributed by atoms with van der Waals surface area (Å²) in [6.07, 6.45) is 15.5. The van der Waals surface area contributed by atoms with E-state index in [1.165, 1.54) is 5.57 Å². The normalized spacial score (nSPS) is 18.9. The van der Waals surface area contributed by atoms with Crippen molar-refractivity contribution in [1.29, 1.82) is 0 Å². The number of nitrogens with zero attached hydrogens (tertiary/aromatic N) is 1. The molecule has 1 aromatic heterocycles. The zero-order chi connectivity index (χ0) is 18.8. The summed E-state index contributed by atoms with van der Waals surface area (Å²) in [6.45, 7) is 6.85. The number of aliphatic hydroxyl groups excluding tert-OH is 1. The maximum absolute atomic E-state index is 13.6. The first-order valence-electron chi connectivity index (χ1n) is 9.55. The second-order valence-corrected chi connectivity index (χ2v) is 7.27. The highest BCUT2D eigenvalue weighted by molar-refractivity contribution is 7.08. The Labute approximate surface area is 161 Å². The Morgan fingerprint density at radius 2 is 2.12 bits per heavy atom. The van der Waals surface area contributed by atoms with Gasteiger partial charge in [-0.2, -0.15) is 4.39 Å². The third kappa shape index (κ3) is 6.35. The van der Waals surface area contributed by atoms with Gasteiger partial charge in [-0.15, -0.1) is 11.3 Å². The van der Waals surface area contributed by atoms with Crippen LogP contribution in [0.25, 0.3) is 0 Å². The van der Waals surface area contributed by atoms with Gasteiger partial charge in [-0.05, 0) is 42.8 Å². The predicted octanol–water partition coefficient (Wildman–Crippen LogP) is 5.28. The summed E-state index contributed by atoms with van der Waals surface area (Å²) in [4.78, 5) is 2.42. The third-order valence-electron chi connectivity index (χ3n) is 4.58. The molecule has 0 spiro atoms. The van der Waals surface area contributed by atoms with Gasteiger partial charge in [-0.25, -0.2) is 0 Å². The Balaban J connectivity index is 0.00000117. The second-order valence-electron chi connectivity index (χ2n) is 6.40. The Hall–Kier alpha value is -1.49. The lowest BCUT2D eigenvalue weighted by Crippen LogP contribution is -2.26. The van der Waals surface area contributed by atoms with Crippen LogP contribution in [-0.4, -0.2) is 35.7 Å². The zero-order valence-corrected chi connectivity index (χ0v) is 16.6. The molecular weight excluding hydrogens is 345 g/mol. The first kappa shape index (κ1) is 20.8. The van der Waals surface area contributed by atoms with Gasteiger partial charge in [0, 0.05) is 25.1 Å². The molecule has 2 heterocycles. The minimum Gasteiger partial charge on any atom is -0.388 e. The van der Waals surface area contributed by atoms with Crippen molar-refractivity contribution in [2.24, 2.45) is 0 Å². The van der Waals surface area contributed by atoms with Crippen molar-refractivity contribution < 1.29 is 9.50 Å². The molecule has 1 aromatic rings. The molecule has 2 nitrogen and oxygen atoms in total. The summed E-state index contributed by atoms with van der Waals surface area (Å²) >= 11 is 1.10. The van der Waals surface area contributed by atoms with E-state index in [1.807, 2.05) is 13.8 Å². The first-order valence-corrected chi connectivity index (χ1v) is 10.4. The maximum Gasteiger partial charge on any atom is 0.179 e. The molecule has 0 aromatic carbocycles. The number of rotatable bonds is 5. The standard InChI is InChI=1S/C20H24FNOS.C2H6/c21-20-18(10-13-24-20)14-19(23)17-8-5-11-22(12-9-17)15-16-6-3-1-2-4-7-16;1-2/h1-4,6,9-10,13,19,23H,5,7-8,11-12,14-15H2;1-2H3. The van der Waals surface area contributed by atoms with Crippen molar-refractivity contribution in [3.8, 4) is 0 Å². The van der Waals surface area contributed by atoms with Crippen molar-refractivity contribution in [3.05, 3.63) is 69.7 Å². The smallest absolute Gasteiger partial charge is 0.179 e. The monoisotopic (exact) mass is 375 g/mol. The molecule has 3 rings (SSSR count). The van der Waals surface area contributed by atoms with Gasteiger partial charge in [0.15, 0.2) is 5.13 Å². The van der Waals surface area contributed by atoms with Gasteiger partial charge in [0.05, 0.1) is 6.10 Å². The lowest BCUT2D eigenvalue weighted by Gasteiger charge is -2.20. The van der Waals surface area contributed by atoms with Crippen LogP contribution >= 0.6 is 11.3 Å². The van der Waals surface area contributed by atoms with Gasteiger partial charge in [-0.1, -0.05) is 55.9 Å². The van der Waals surface area contributed by atoms with Gasteiger partial charge in [-0.3, -0.25) is 4.90 Å².